The van der Waals surface area contributed by atoms with Crippen LogP contribution in [0.4, 0.5) is 0 Å². The van der Waals surface area contributed by atoms with Crippen molar-refractivity contribution in [3.8, 4) is 0 Å². The second-order valence-electron chi connectivity index (χ2n) is 6.50. The number of fused-ring (bicyclic) bond motifs is 4. The molecule has 4 rings (SSSR count). The van der Waals surface area contributed by atoms with Crippen molar-refractivity contribution in [3.63, 3.8) is 0 Å². The number of nitrogens with two attached hydrogens (primary N) is 1. The predicted octanol–water partition coefficient (Wildman–Crippen LogP) is 2.44. The molecule has 2 fully saturated rings. The first-order valence-corrected chi connectivity index (χ1v) is 7.47. The predicted molar refractivity (Wildman–Crippen MR) is 74.4 cm³/mol. The molecule has 2 saturated carbocycles. The van der Waals surface area contributed by atoms with Gasteiger partial charge < -0.3 is 10.8 Å². The monoisotopic (exact) mass is 261 g/mol. The lowest BCUT2D eigenvalue weighted by Gasteiger charge is -2.14. The van der Waals surface area contributed by atoms with Gasteiger partial charge in [0, 0.05) is 0 Å². The molecule has 0 amide bonds. The molecule has 19 heavy (non-hydrogen) atoms. The Bertz CT molecular complexity index is 415. The molecule has 4 aliphatic rings. The van der Waals surface area contributed by atoms with Crippen molar-refractivity contribution in [3.05, 3.63) is 24.3 Å². The van der Waals surface area contributed by atoms with Crippen LogP contribution >= 0.6 is 0 Å². The zero-order valence-corrected chi connectivity index (χ0v) is 11.2. The fraction of sp³-hybridized carbons (Fsp3) is 0.688. The van der Waals surface area contributed by atoms with Crippen LogP contribution in [0.1, 0.15) is 25.7 Å². The molecule has 104 valence electrons. The molecule has 0 heterocycles. The molecular weight excluding hydrogens is 238 g/mol. The highest BCUT2D eigenvalue weighted by atomic mass is 16.4. The fourth-order valence-electron chi connectivity index (χ4n) is 4.23. The van der Waals surface area contributed by atoms with Crippen LogP contribution in [0.2, 0.25) is 0 Å². The molecule has 0 aromatic rings. The molecule has 0 saturated heterocycles. The maximum absolute atomic E-state index is 10.6. The molecule has 6 unspecified atom stereocenters. The third-order valence-electron chi connectivity index (χ3n) is 5.32. The molecule has 3 nitrogen and oxygen atoms in total. The minimum atomic E-state index is -0.614. The highest BCUT2D eigenvalue weighted by Crippen LogP contribution is 2.43. The van der Waals surface area contributed by atoms with Gasteiger partial charge in [-0.25, -0.2) is 0 Å². The van der Waals surface area contributed by atoms with E-state index in [9.17, 15) is 4.79 Å². The lowest BCUT2D eigenvalue weighted by Crippen LogP contribution is -2.17. The zero-order chi connectivity index (χ0) is 13.4. The Balaban J connectivity index is 0.000000117. The molecule has 3 heteroatoms. The Morgan fingerprint density at radius 1 is 1.00 bits per heavy atom. The van der Waals surface area contributed by atoms with Crippen molar-refractivity contribution in [1.29, 1.82) is 0 Å². The zero-order valence-electron chi connectivity index (χ0n) is 11.2. The number of aliphatic carboxylic acids is 1. The Morgan fingerprint density at radius 2 is 1.63 bits per heavy atom. The van der Waals surface area contributed by atoms with E-state index in [0.717, 1.165) is 37.1 Å². The largest absolute Gasteiger partial charge is 0.481 e. The molecule has 0 aromatic carbocycles. The van der Waals surface area contributed by atoms with E-state index in [1.54, 1.807) is 0 Å². The summed E-state index contributed by atoms with van der Waals surface area (Å²) in [6, 6.07) is 0. The summed E-state index contributed by atoms with van der Waals surface area (Å²) in [4.78, 5) is 10.6. The summed E-state index contributed by atoms with van der Waals surface area (Å²) in [5.41, 5.74) is 5.59. The summed E-state index contributed by atoms with van der Waals surface area (Å²) >= 11 is 0. The van der Waals surface area contributed by atoms with Gasteiger partial charge in [0.25, 0.3) is 0 Å². The van der Waals surface area contributed by atoms with Crippen molar-refractivity contribution >= 4 is 5.97 Å². The second-order valence-corrected chi connectivity index (χ2v) is 6.50. The standard InChI is InChI=1S/C8H13N.C8H10O2/c9-5-8-4-6-1-2-7(8)3-6;9-8(10)7-4-5-1-2-6(7)3-5/h1-2,6-8H,3-5,9H2;1-2,5-7H,3-4H2,(H,9,10). The summed E-state index contributed by atoms with van der Waals surface area (Å²) in [6.07, 6.45) is 13.6. The summed E-state index contributed by atoms with van der Waals surface area (Å²) in [7, 11) is 0. The molecule has 0 aliphatic heterocycles. The first kappa shape index (κ1) is 12.9. The number of rotatable bonds is 2. The van der Waals surface area contributed by atoms with Crippen LogP contribution in [0, 0.1) is 35.5 Å². The third-order valence-corrected chi connectivity index (χ3v) is 5.32. The van der Waals surface area contributed by atoms with Gasteiger partial charge in [-0.3, -0.25) is 4.79 Å². The average molecular weight is 261 g/mol. The first-order valence-electron chi connectivity index (χ1n) is 7.47. The van der Waals surface area contributed by atoms with Crippen LogP contribution in [-0.4, -0.2) is 17.6 Å². The summed E-state index contributed by atoms with van der Waals surface area (Å²) in [5.74, 6) is 2.80. The Kier molecular flexibility index (Phi) is 3.48. The topological polar surface area (TPSA) is 63.3 Å². The van der Waals surface area contributed by atoms with Crippen molar-refractivity contribution in [2.45, 2.75) is 25.7 Å². The molecule has 0 spiro atoms. The van der Waals surface area contributed by atoms with Gasteiger partial charge in [-0.1, -0.05) is 24.3 Å². The van der Waals surface area contributed by atoms with Gasteiger partial charge >= 0.3 is 5.97 Å². The number of allylic oxidation sites excluding steroid dienone is 4. The van der Waals surface area contributed by atoms with E-state index in [1.807, 2.05) is 0 Å². The van der Waals surface area contributed by atoms with E-state index in [1.165, 1.54) is 12.8 Å². The average Bonchev–Trinajstić information content (AvgIpc) is 3.18. The van der Waals surface area contributed by atoms with Crippen molar-refractivity contribution in [2.75, 3.05) is 6.54 Å². The van der Waals surface area contributed by atoms with E-state index >= 15 is 0 Å². The van der Waals surface area contributed by atoms with Crippen LogP contribution in [0.25, 0.3) is 0 Å². The van der Waals surface area contributed by atoms with Gasteiger partial charge in [-0.15, -0.1) is 0 Å². The van der Waals surface area contributed by atoms with Crippen LogP contribution < -0.4 is 5.73 Å². The SMILES string of the molecule is NCC1CC2C=CC1C2.O=C(O)C1CC2C=CC1C2. The van der Waals surface area contributed by atoms with Gasteiger partial charge in [0.15, 0.2) is 0 Å². The molecule has 4 bridgehead atoms. The maximum atomic E-state index is 10.6. The minimum absolute atomic E-state index is 0.0741. The Morgan fingerprint density at radius 3 is 1.89 bits per heavy atom. The number of hydrogen-bond acceptors (Lipinski definition) is 2. The summed E-state index contributed by atoms with van der Waals surface area (Å²) in [5, 5.41) is 8.70. The van der Waals surface area contributed by atoms with Crippen LogP contribution in [-0.2, 0) is 4.79 Å². The molecule has 6 atom stereocenters. The van der Waals surface area contributed by atoms with Crippen LogP contribution in [0.5, 0.6) is 0 Å². The summed E-state index contributed by atoms with van der Waals surface area (Å²) < 4.78 is 0. The number of carboxylic acids is 1. The minimum Gasteiger partial charge on any atom is -0.481 e. The van der Waals surface area contributed by atoms with Gasteiger partial charge in [-0.2, -0.15) is 0 Å². The Labute approximate surface area is 114 Å². The van der Waals surface area contributed by atoms with E-state index in [4.69, 9.17) is 10.8 Å². The third kappa shape index (κ3) is 2.48. The first-order chi connectivity index (χ1) is 9.17. The molecule has 3 N–H and O–H groups in total. The van der Waals surface area contributed by atoms with E-state index in [-0.39, 0.29) is 5.92 Å². The maximum Gasteiger partial charge on any atom is 0.307 e. The lowest BCUT2D eigenvalue weighted by atomic mass is 9.94. The van der Waals surface area contributed by atoms with Gasteiger partial charge in [0.1, 0.15) is 0 Å². The van der Waals surface area contributed by atoms with E-state index in [0.29, 0.717) is 11.8 Å². The highest BCUT2D eigenvalue weighted by molar-refractivity contribution is 5.71. The van der Waals surface area contributed by atoms with Gasteiger partial charge in [0.2, 0.25) is 0 Å². The van der Waals surface area contributed by atoms with Crippen molar-refractivity contribution in [1.82, 2.24) is 0 Å². The van der Waals surface area contributed by atoms with Crippen molar-refractivity contribution in [2.24, 2.45) is 41.2 Å². The van der Waals surface area contributed by atoms with Crippen LogP contribution in [0.15, 0.2) is 24.3 Å². The lowest BCUT2D eigenvalue weighted by molar-refractivity contribution is -0.142. The molecule has 0 radical (unpaired) electrons. The van der Waals surface area contributed by atoms with Crippen molar-refractivity contribution < 1.29 is 9.90 Å². The number of hydrogen-bond donors (Lipinski definition) is 2. The van der Waals surface area contributed by atoms with E-state index in [2.05, 4.69) is 24.3 Å². The van der Waals surface area contributed by atoms with Gasteiger partial charge in [-0.05, 0) is 61.8 Å². The fourth-order valence-corrected chi connectivity index (χ4v) is 4.23. The van der Waals surface area contributed by atoms with Crippen LogP contribution in [0.3, 0.4) is 0 Å². The normalized spacial score (nSPS) is 44.5. The highest BCUT2D eigenvalue weighted by Gasteiger charge is 2.39. The Hall–Kier alpha value is -1.09. The second kappa shape index (κ2) is 5.12. The smallest absolute Gasteiger partial charge is 0.307 e. The number of carbonyl (C=O) groups is 1. The molecule has 0 aromatic heterocycles. The quantitative estimate of drug-likeness (QED) is 0.750. The molecule has 4 aliphatic carbocycles. The molecular formula is C16H23NO2. The van der Waals surface area contributed by atoms with Gasteiger partial charge in [0.05, 0.1) is 5.92 Å². The van der Waals surface area contributed by atoms with E-state index < -0.39 is 5.97 Å². The summed E-state index contributed by atoms with van der Waals surface area (Å²) in [6.45, 7) is 0.894. The number of carboxylic acid groups (broad SMARTS) is 1.